The number of pyridine rings is 6. The molecule has 0 atom stereocenters. The van der Waals surface area contributed by atoms with Crippen molar-refractivity contribution >= 4 is 40.4 Å². The first kappa shape index (κ1) is 81.0. The van der Waals surface area contributed by atoms with Gasteiger partial charge in [-0.2, -0.15) is 84.1 Å². The second kappa shape index (κ2) is 36.8. The summed E-state index contributed by atoms with van der Waals surface area (Å²) in [6.07, 6.45) is -24.5. The van der Waals surface area contributed by atoms with Crippen molar-refractivity contribution < 1.29 is 149 Å². The van der Waals surface area contributed by atoms with Gasteiger partial charge in [0.05, 0.1) is 82.3 Å². The Morgan fingerprint density at radius 3 is 1.40 bits per heavy atom. The van der Waals surface area contributed by atoms with Gasteiger partial charge in [0.15, 0.2) is 22.0 Å². The highest BCUT2D eigenvalue weighted by molar-refractivity contribution is 6.07. The van der Waals surface area contributed by atoms with Gasteiger partial charge in [-0.05, 0) is 18.2 Å². The van der Waals surface area contributed by atoms with E-state index >= 15 is 0 Å². The van der Waals surface area contributed by atoms with Gasteiger partial charge in [0.2, 0.25) is 6.20 Å². The van der Waals surface area contributed by atoms with E-state index in [-0.39, 0.29) is 39.5 Å². The van der Waals surface area contributed by atoms with Gasteiger partial charge >= 0.3 is 66.6 Å². The fraction of sp³-hybridized carbons (Fsp3) is 0.286. The lowest BCUT2D eigenvalue weighted by molar-refractivity contribution is -0.660. The third kappa shape index (κ3) is 24.3. The Hall–Kier alpha value is -11.4. The van der Waals surface area contributed by atoms with Crippen LogP contribution in [0.4, 0.5) is 87.8 Å². The molecule has 24 nitrogen and oxygen atoms in total. The number of hydrogen-bond donors (Lipinski definition) is 5. The lowest BCUT2D eigenvalue weighted by Crippen LogP contribution is -2.50. The van der Waals surface area contributed by atoms with Crippen LogP contribution in [0.5, 0.6) is 17.2 Å². The molecule has 0 spiro atoms. The quantitative estimate of drug-likeness (QED) is 0.0325. The predicted molar refractivity (Wildman–Crippen MR) is 305 cm³/mol. The molecule has 0 fully saturated rings. The number of aromatic amines is 3. The molecule has 0 aliphatic carbocycles. The minimum absolute atomic E-state index is 0.0600. The lowest BCUT2D eigenvalue weighted by Gasteiger charge is -2.11. The number of nitrogens with two attached hydrogens (primary N) is 1. The number of esters is 3. The number of carboxylic acid groups (broad SMARTS) is 1. The summed E-state index contributed by atoms with van der Waals surface area (Å²) in [5.74, 6) is 0.858. The van der Waals surface area contributed by atoms with E-state index in [0.29, 0.717) is 49.4 Å². The molecule has 9 heterocycles. The lowest BCUT2D eigenvalue weighted by atomic mass is 10.2. The van der Waals surface area contributed by atoms with E-state index in [4.69, 9.17) is 19.8 Å². The molecule has 100 heavy (non-hydrogen) atoms. The zero-order valence-electron chi connectivity index (χ0n) is 54.5. The van der Waals surface area contributed by atoms with Crippen LogP contribution in [0.25, 0.3) is 16.6 Å². The van der Waals surface area contributed by atoms with Crippen molar-refractivity contribution in [2.24, 2.45) is 0 Å². The topological polar surface area (TPSA) is 311 Å². The number of ether oxygens (including phenoxy) is 6. The number of H-pyrrole nitrogens is 3. The van der Waals surface area contributed by atoms with Gasteiger partial charge in [0.1, 0.15) is 62.7 Å². The number of halogens is 20. The molecule has 0 radical (unpaired) electrons. The molecule has 6 N–H and O–H groups in total. The normalized spacial score (nSPS) is 11.4. The number of carbonyl (C=O) groups is 4. The molecular weight excluding hydrogens is 1420 g/mol. The Morgan fingerprint density at radius 1 is 0.540 bits per heavy atom. The summed E-state index contributed by atoms with van der Waals surface area (Å²) in [6.45, 7) is 2.29. The van der Waals surface area contributed by atoms with Crippen LogP contribution >= 0.6 is 0 Å². The molecule has 0 aromatic carbocycles. The molecule has 9 rings (SSSR count). The molecule has 0 amide bonds. The van der Waals surface area contributed by atoms with E-state index in [1.54, 1.807) is 6.92 Å². The van der Waals surface area contributed by atoms with Crippen molar-refractivity contribution in [3.63, 3.8) is 0 Å². The van der Waals surface area contributed by atoms with Crippen LogP contribution in [0.3, 0.4) is 0 Å². The number of methoxy groups -OCH3 is 6. The van der Waals surface area contributed by atoms with E-state index in [2.05, 4.69) is 44.0 Å². The maximum Gasteiger partial charge on any atom is 0.480 e. The Labute approximate surface area is 549 Å². The van der Waals surface area contributed by atoms with Crippen LogP contribution in [0.15, 0.2) is 118 Å². The molecule has 9 aromatic rings. The van der Waals surface area contributed by atoms with Gasteiger partial charge in [-0.25, -0.2) is 29.5 Å². The standard InChI is InChI=1S/C13H11F3N2O5.C10H7F3N2O3.C9H5F3N2O3.C7H8F3N2O.C7H6F3NO.C6H4F3NO.C2H6.2CH3F/c1-21-6-4-7-9(11(19)22-2)10(12(20)23-3)17-18(7)8(5-6)13(14,15)16;1-18-9(17)7-3-5-2-6(16)4-8(10(11,12)13)15(5)14-7;10-9(11,12)7-3-5(15)1-4-2-6(8(16)17)13-14(4)7;1-13-5-2-3-12(11)6(4-5)7(8,9)10;1-12-5-2-3-11-6(4-5)7(8,9)10;7-6(8,9)5-3-4(11)1-2-10-5;3*1-2/h4-5H,1-3H3;2-4,14H,1H3;1-3,13H,(H,16,17);2-4H,11H2,1H3;2-4H,1H3;1-3H,(H,10,11);1-2H3;2*1H3/q;;;+1;;;;;/i;;;;;;3*1D. The van der Waals surface area contributed by atoms with Crippen LogP contribution in [0.1, 0.15) is 93.9 Å². The number of alkyl halides is 20. The highest BCUT2D eigenvalue weighted by atomic mass is 19.4. The molecule has 0 saturated carbocycles. The highest BCUT2D eigenvalue weighted by Gasteiger charge is 2.42. The second-order valence-electron chi connectivity index (χ2n) is 17.5. The summed E-state index contributed by atoms with van der Waals surface area (Å²) in [5.41, 5.74) is -11.0. The number of fused-ring (bicyclic) bond motifs is 3. The number of aromatic nitrogens is 9. The minimum atomic E-state index is -4.79. The molecule has 44 heteroatoms. The van der Waals surface area contributed by atoms with Gasteiger partial charge in [-0.15, -0.1) is 0 Å². The number of nitrogens with zero attached hydrogens (tertiary/aromatic N) is 6. The summed E-state index contributed by atoms with van der Waals surface area (Å²) in [6, 6.07) is 12.6. The first-order valence-electron chi connectivity index (χ1n) is 27.8. The summed E-state index contributed by atoms with van der Waals surface area (Å²) in [7, 11) is 4.89. The Morgan fingerprint density at radius 2 is 1.00 bits per heavy atom. The summed E-state index contributed by atoms with van der Waals surface area (Å²) in [4.78, 5) is 83.1. The predicted octanol–water partition coefficient (Wildman–Crippen LogP) is 11.1. The fourth-order valence-corrected chi connectivity index (χ4v) is 7.12. The third-order valence-corrected chi connectivity index (χ3v) is 11.2. The summed E-state index contributed by atoms with van der Waals surface area (Å²) >= 11 is 0. The van der Waals surface area contributed by atoms with Crippen molar-refractivity contribution in [2.45, 2.75) is 50.9 Å². The Balaban J connectivity index is 0.000000612. The van der Waals surface area contributed by atoms with Gasteiger partial charge in [-0.1, -0.05) is 18.5 Å². The molecule has 0 aliphatic heterocycles. The number of carbonyl (C=O) groups excluding carboxylic acids is 3. The first-order chi connectivity index (χ1) is 47.6. The molecule has 550 valence electrons. The van der Waals surface area contributed by atoms with E-state index in [1.807, 2.05) is 4.98 Å². The van der Waals surface area contributed by atoms with Gasteiger partial charge in [-0.3, -0.25) is 47.4 Å². The van der Waals surface area contributed by atoms with Crippen molar-refractivity contribution in [3.8, 4) is 17.2 Å². The van der Waals surface area contributed by atoms with Crippen molar-refractivity contribution in [1.29, 1.82) is 0 Å². The van der Waals surface area contributed by atoms with E-state index in [0.717, 1.165) is 88.5 Å². The molecule has 0 saturated heterocycles. The van der Waals surface area contributed by atoms with E-state index < -0.39 is 143 Å². The fourth-order valence-electron chi connectivity index (χ4n) is 7.12. The number of nitrogen functional groups attached to an aromatic ring is 1. The zero-order valence-corrected chi connectivity index (χ0v) is 51.5. The molecular formula is C56H53F20N10O14+. The number of nitrogens with one attached hydrogen (secondary N) is 3. The molecule has 0 unspecified atom stereocenters. The average molecular weight is 1470 g/mol. The number of rotatable bonds is 7. The van der Waals surface area contributed by atoms with E-state index in [9.17, 15) is 121 Å². The van der Waals surface area contributed by atoms with E-state index in [1.165, 1.54) is 33.5 Å². The molecule has 0 aliphatic rings. The molecule has 9 aromatic heterocycles. The second-order valence-corrected chi connectivity index (χ2v) is 17.5. The number of aromatic carboxylic acids is 1. The van der Waals surface area contributed by atoms with Crippen LogP contribution in [-0.4, -0.2) is 125 Å². The maximum absolute atomic E-state index is 13.2. The Bertz CT molecular complexity index is 4450. The van der Waals surface area contributed by atoms with Crippen LogP contribution in [0, 0.1) is 0 Å². The van der Waals surface area contributed by atoms with Crippen LogP contribution < -0.4 is 41.0 Å². The molecule has 0 bridgehead atoms. The van der Waals surface area contributed by atoms with Crippen molar-refractivity contribution in [3.05, 3.63) is 191 Å². The van der Waals surface area contributed by atoms with Crippen LogP contribution in [0.2, 0.25) is 0 Å². The monoisotopic (exact) mass is 1470 g/mol. The zero-order chi connectivity index (χ0) is 79.5. The van der Waals surface area contributed by atoms with Crippen molar-refractivity contribution in [1.82, 2.24) is 38.8 Å². The van der Waals surface area contributed by atoms with Gasteiger partial charge < -0.3 is 38.5 Å². The van der Waals surface area contributed by atoms with Gasteiger partial charge in [0.25, 0.3) is 0 Å². The van der Waals surface area contributed by atoms with Gasteiger partial charge in [0, 0.05) is 74.4 Å². The number of carboxylic acids is 1. The summed E-state index contributed by atoms with van der Waals surface area (Å²) in [5, 5.41) is 16.5. The average Bonchev–Trinajstić information content (AvgIpc) is 1.62. The summed E-state index contributed by atoms with van der Waals surface area (Å²) < 4.78 is 290. The highest BCUT2D eigenvalue weighted by Crippen LogP contribution is 2.36. The SMILES string of the molecule is COC(=O)c1cc2cc(=O)cc(C(F)(F)F)n2[nH]1.COC(=O)c1nn2c(C(F)(F)F)cc(OC)cc2c1C(=O)OC.COc1cc[n+](N)c(C(F)(F)F)c1.COc1ccnc(C(F)(F)F)c1.O=C(O)c1cc2cc(=O)cc(C(F)(F)F)n2[nH]1.O=c1cc[nH]c(C(F)(F)F)c1.[2H]CC.[2H]CF.[2H]CF. The smallest absolute Gasteiger partial charge is 0.480 e. The Kier molecular flexibility index (Phi) is 29.8. The van der Waals surface area contributed by atoms with Crippen molar-refractivity contribution in [2.75, 3.05) is 62.8 Å². The third-order valence-electron chi connectivity index (χ3n) is 11.2. The van der Waals surface area contributed by atoms with Crippen LogP contribution in [-0.2, 0) is 51.3 Å². The first-order valence-corrected chi connectivity index (χ1v) is 25.7. The largest absolute Gasteiger partial charge is 0.497 e. The minimum Gasteiger partial charge on any atom is -0.497 e. The maximum atomic E-state index is 13.2. The number of hydrogen-bond acceptors (Lipinski definition) is 16.